The van der Waals surface area contributed by atoms with E-state index >= 15 is 0 Å². The summed E-state index contributed by atoms with van der Waals surface area (Å²) in [7, 11) is 4.64. The molecular formula is C35H41N5O7. The van der Waals surface area contributed by atoms with Crippen molar-refractivity contribution < 1.29 is 28.9 Å². The van der Waals surface area contributed by atoms with E-state index in [9.17, 15) is 19.5 Å². The third kappa shape index (κ3) is 7.02. The number of aromatic nitrogens is 2. The van der Waals surface area contributed by atoms with Crippen molar-refractivity contribution in [3.05, 3.63) is 69.6 Å². The number of hydrogen-bond acceptors (Lipinski definition) is 9. The summed E-state index contributed by atoms with van der Waals surface area (Å²) >= 11 is 0. The molecule has 1 aliphatic carbocycles. The minimum atomic E-state index is -0.743. The summed E-state index contributed by atoms with van der Waals surface area (Å²) in [6.45, 7) is 5.23. The van der Waals surface area contributed by atoms with Gasteiger partial charge in [-0.1, -0.05) is 19.9 Å². The van der Waals surface area contributed by atoms with Crippen LogP contribution < -0.4 is 35.6 Å². The number of fused-ring (bicyclic) bond motifs is 4. The van der Waals surface area contributed by atoms with Crippen LogP contribution in [0.5, 0.6) is 17.2 Å². The number of aryl methyl sites for hydroxylation is 1. The van der Waals surface area contributed by atoms with Crippen LogP contribution in [0, 0.1) is 5.92 Å². The molecule has 0 radical (unpaired) electrons. The van der Waals surface area contributed by atoms with Crippen molar-refractivity contribution in [3.8, 4) is 28.4 Å². The minimum absolute atomic E-state index is 0.132. The predicted octanol–water partition coefficient (Wildman–Crippen LogP) is 4.70. The molecule has 0 bridgehead atoms. The van der Waals surface area contributed by atoms with E-state index < -0.39 is 12.1 Å². The molecule has 1 heterocycles. The van der Waals surface area contributed by atoms with E-state index in [2.05, 4.69) is 25.9 Å². The number of benzene rings is 2. The van der Waals surface area contributed by atoms with Crippen molar-refractivity contribution in [3.63, 3.8) is 0 Å². The molecule has 0 unspecified atom stereocenters. The maximum Gasteiger partial charge on any atom is 0.246 e. The van der Waals surface area contributed by atoms with Gasteiger partial charge in [-0.15, -0.1) is 0 Å². The molecule has 0 aliphatic heterocycles. The number of aliphatic hydroxyl groups is 1. The summed E-state index contributed by atoms with van der Waals surface area (Å²) in [6, 6.07) is 11.0. The number of methoxy groups -OCH3 is 3. The number of anilines is 2. The fourth-order valence-electron chi connectivity index (χ4n) is 6.16. The number of aliphatic hydroxyl groups excluding tert-OH is 1. The van der Waals surface area contributed by atoms with Crippen LogP contribution in [0.25, 0.3) is 22.2 Å². The van der Waals surface area contributed by atoms with Crippen molar-refractivity contribution in [2.45, 2.75) is 58.7 Å². The molecule has 0 fully saturated rings. The number of amides is 2. The van der Waals surface area contributed by atoms with Crippen molar-refractivity contribution in [1.29, 1.82) is 0 Å². The third-order valence-corrected chi connectivity index (χ3v) is 8.22. The first-order valence-corrected chi connectivity index (χ1v) is 15.5. The first-order valence-electron chi connectivity index (χ1n) is 15.5. The summed E-state index contributed by atoms with van der Waals surface area (Å²) in [5.41, 5.74) is 4.77. The average Bonchev–Trinajstić information content (AvgIpc) is 3.32. The van der Waals surface area contributed by atoms with Gasteiger partial charge in [0.05, 0.1) is 44.1 Å². The van der Waals surface area contributed by atoms with Gasteiger partial charge in [-0.2, -0.15) is 0 Å². The number of rotatable bonds is 11. The molecule has 12 nitrogen and oxygen atoms in total. The van der Waals surface area contributed by atoms with Gasteiger partial charge in [-0.05, 0) is 78.3 Å². The van der Waals surface area contributed by atoms with Gasteiger partial charge in [0, 0.05) is 18.2 Å². The number of hydrogen-bond donors (Lipinski definition) is 5. The summed E-state index contributed by atoms with van der Waals surface area (Å²) < 4.78 is 17.2. The molecule has 5 rings (SSSR count). The van der Waals surface area contributed by atoms with Crippen molar-refractivity contribution in [2.75, 3.05) is 32.0 Å². The Labute approximate surface area is 272 Å². The molecule has 3 aromatic carbocycles. The number of nitrogens with zero attached hydrogens (tertiary/aromatic N) is 1. The van der Waals surface area contributed by atoms with Gasteiger partial charge >= 0.3 is 0 Å². The fraction of sp³-hybridized carbons (Fsp3) is 0.371. The number of nitrogens with one attached hydrogen (secondary N) is 4. The molecule has 0 spiro atoms. The highest BCUT2D eigenvalue weighted by Crippen LogP contribution is 2.50. The van der Waals surface area contributed by atoms with Crippen LogP contribution in [0.4, 0.5) is 11.4 Å². The largest absolute Gasteiger partial charge is 0.493 e. The maximum atomic E-state index is 13.9. The Balaban J connectivity index is 1.57. The summed E-state index contributed by atoms with van der Waals surface area (Å²) in [5.74, 6) is 1.41. The first-order chi connectivity index (χ1) is 22.6. The quantitative estimate of drug-likeness (QED) is 0.156. The van der Waals surface area contributed by atoms with Crippen LogP contribution in [0.15, 0.2) is 47.3 Å². The lowest BCUT2D eigenvalue weighted by Gasteiger charge is -2.20. The van der Waals surface area contributed by atoms with Crippen molar-refractivity contribution >= 4 is 34.2 Å². The highest BCUT2D eigenvalue weighted by molar-refractivity contribution is 5.98. The zero-order valence-corrected chi connectivity index (χ0v) is 27.4. The van der Waals surface area contributed by atoms with E-state index in [1.165, 1.54) is 20.1 Å². The Kier molecular flexibility index (Phi) is 10.00. The van der Waals surface area contributed by atoms with E-state index in [1.807, 2.05) is 26.0 Å². The molecule has 248 valence electrons. The zero-order chi connectivity index (χ0) is 33.8. The van der Waals surface area contributed by atoms with Crippen molar-refractivity contribution in [2.24, 2.45) is 5.92 Å². The van der Waals surface area contributed by atoms with Crippen LogP contribution in [0.3, 0.4) is 0 Å². The first kappa shape index (κ1) is 33.3. The van der Waals surface area contributed by atoms with Crippen LogP contribution in [0.1, 0.15) is 56.6 Å². The number of ether oxygens (including phenoxy) is 3. The van der Waals surface area contributed by atoms with Gasteiger partial charge in [0.25, 0.3) is 0 Å². The number of carbonyl (C=O) groups is 2. The van der Waals surface area contributed by atoms with E-state index in [4.69, 9.17) is 14.2 Å². The molecule has 0 saturated heterocycles. The Morgan fingerprint density at radius 2 is 1.81 bits per heavy atom. The Morgan fingerprint density at radius 3 is 2.47 bits per heavy atom. The molecule has 4 aromatic rings. The molecule has 5 N–H and O–H groups in total. The Hall–Kier alpha value is -5.10. The van der Waals surface area contributed by atoms with Crippen LogP contribution >= 0.6 is 0 Å². The van der Waals surface area contributed by atoms with Gasteiger partial charge in [0.15, 0.2) is 11.5 Å². The second-order valence-electron chi connectivity index (χ2n) is 12.0. The van der Waals surface area contributed by atoms with Crippen molar-refractivity contribution in [1.82, 2.24) is 15.3 Å². The summed E-state index contributed by atoms with van der Waals surface area (Å²) in [4.78, 5) is 47.2. The summed E-state index contributed by atoms with van der Waals surface area (Å²) in [6.07, 6.45) is 1.56. The van der Waals surface area contributed by atoms with Gasteiger partial charge in [-0.3, -0.25) is 14.4 Å². The normalized spacial score (nSPS) is 14.4. The summed E-state index contributed by atoms with van der Waals surface area (Å²) in [5, 5.41) is 18.6. The number of imidazole rings is 1. The molecule has 2 atom stereocenters. The maximum absolute atomic E-state index is 13.9. The molecule has 0 saturated carbocycles. The second-order valence-corrected chi connectivity index (χ2v) is 12.0. The van der Waals surface area contributed by atoms with E-state index in [1.54, 1.807) is 38.5 Å². The topological polar surface area (TPSA) is 164 Å². The average molecular weight is 644 g/mol. The zero-order valence-electron chi connectivity index (χ0n) is 27.4. The lowest BCUT2D eigenvalue weighted by Crippen LogP contribution is -2.37. The van der Waals surface area contributed by atoms with Crippen LogP contribution in [-0.2, 0) is 22.6 Å². The van der Waals surface area contributed by atoms with Gasteiger partial charge in [0.2, 0.25) is 23.0 Å². The van der Waals surface area contributed by atoms with E-state index in [0.717, 1.165) is 11.1 Å². The fourth-order valence-corrected chi connectivity index (χ4v) is 6.16. The molecule has 47 heavy (non-hydrogen) atoms. The standard InChI is InChI=1S/C35H41N5O7/c1-18(2)13-28(35(44)37-21-8-11-25-27(15-21)40-31(17-41)39-25)38-26-12-9-22-23(16-29(26)43)24(36-19(3)42)10-7-20-14-30(45-4)33(46-5)34(47-6)32(20)22/h8-9,11-12,14-16,18,24,28,41H,7,10,13,17H2,1-6H3,(H,36,42)(H,37,44)(H,38,43)(H,39,40)/t24-,28-/m0/s1. The lowest BCUT2D eigenvalue weighted by molar-refractivity contribution is -0.120. The smallest absolute Gasteiger partial charge is 0.246 e. The number of carbonyl (C=O) groups excluding carboxylic acids is 2. The third-order valence-electron chi connectivity index (χ3n) is 8.22. The van der Waals surface area contributed by atoms with Gasteiger partial charge in [0.1, 0.15) is 18.5 Å². The highest BCUT2D eigenvalue weighted by atomic mass is 16.5. The van der Waals surface area contributed by atoms with E-state index in [-0.39, 0.29) is 35.5 Å². The number of aromatic amines is 1. The van der Waals surface area contributed by atoms with Crippen LogP contribution in [0.2, 0.25) is 0 Å². The van der Waals surface area contributed by atoms with Gasteiger partial charge in [-0.25, -0.2) is 4.98 Å². The Morgan fingerprint density at radius 1 is 1.04 bits per heavy atom. The van der Waals surface area contributed by atoms with E-state index in [0.29, 0.717) is 70.2 Å². The number of H-pyrrole nitrogens is 1. The molecular weight excluding hydrogens is 602 g/mol. The highest BCUT2D eigenvalue weighted by Gasteiger charge is 2.30. The molecule has 1 aromatic heterocycles. The molecule has 1 aliphatic rings. The van der Waals surface area contributed by atoms with Crippen LogP contribution in [-0.4, -0.2) is 54.3 Å². The monoisotopic (exact) mass is 643 g/mol. The minimum Gasteiger partial charge on any atom is -0.493 e. The lowest BCUT2D eigenvalue weighted by atomic mass is 9.95. The molecule has 2 amide bonds. The van der Waals surface area contributed by atoms with Gasteiger partial charge < -0.3 is 40.3 Å². The molecule has 12 heteroatoms. The Bertz CT molecular complexity index is 1870. The SMILES string of the molecule is COc1cc2c(c(OC)c1OC)-c1ccc(N[C@@H](CC(C)C)C(=O)Nc3ccc4nc(CO)[nH]c4c3)c(=O)cc1[C@@H](NC(C)=O)CC2. The second kappa shape index (κ2) is 14.1. The predicted molar refractivity (Wildman–Crippen MR) is 180 cm³/mol.